The summed E-state index contributed by atoms with van der Waals surface area (Å²) in [6, 6.07) is 27.9. The highest BCUT2D eigenvalue weighted by Gasteiger charge is 2.33. The van der Waals surface area contributed by atoms with Crippen LogP contribution in [0.3, 0.4) is 0 Å². The van der Waals surface area contributed by atoms with Crippen molar-refractivity contribution in [2.75, 3.05) is 0 Å². The average molecular weight is 413 g/mol. The highest BCUT2D eigenvalue weighted by Crippen LogP contribution is 2.26. The van der Waals surface area contributed by atoms with Gasteiger partial charge in [-0.05, 0) is 30.0 Å². The molecule has 1 unspecified atom stereocenters. The molecular weight excluding hydrogens is 384 g/mol. The fourth-order valence-corrected chi connectivity index (χ4v) is 4.31. The number of nitrogens with one attached hydrogen (secondary N) is 1. The van der Waals surface area contributed by atoms with Gasteiger partial charge in [-0.25, -0.2) is 0 Å². The minimum absolute atomic E-state index is 0.0355. The zero-order chi connectivity index (χ0) is 21.6. The highest BCUT2D eigenvalue weighted by molar-refractivity contribution is 5.82. The predicted octanol–water partition coefficient (Wildman–Crippen LogP) is 4.78. The molecule has 0 saturated carbocycles. The van der Waals surface area contributed by atoms with E-state index in [-0.39, 0.29) is 23.9 Å². The molecular formula is C27H28N2O2. The Morgan fingerprint density at radius 3 is 2.23 bits per heavy atom. The van der Waals surface area contributed by atoms with Gasteiger partial charge in [0, 0.05) is 25.4 Å². The molecule has 4 nitrogen and oxygen atoms in total. The van der Waals surface area contributed by atoms with Crippen LogP contribution in [0.4, 0.5) is 0 Å². The van der Waals surface area contributed by atoms with E-state index in [1.165, 1.54) is 5.56 Å². The van der Waals surface area contributed by atoms with Crippen LogP contribution in [0, 0.1) is 6.92 Å². The Bertz CT molecular complexity index is 994. The van der Waals surface area contributed by atoms with Crippen molar-refractivity contribution in [1.29, 1.82) is 0 Å². The van der Waals surface area contributed by atoms with Gasteiger partial charge in [-0.1, -0.05) is 90.5 Å². The number of rotatable bonds is 7. The standard InChI is InChI=1S/C27H28N2O2/c1-20-9-8-10-21(17-20)19-29-24(15-16-26(29)31)18-25(30)28-27(22-11-4-2-5-12-22)23-13-6-3-7-14-23/h2-14,17,24,27H,15-16,18-19H2,1H3,(H,28,30). The van der Waals surface area contributed by atoms with E-state index < -0.39 is 0 Å². The number of aryl methyl sites for hydroxylation is 1. The van der Waals surface area contributed by atoms with Crippen molar-refractivity contribution in [3.8, 4) is 0 Å². The van der Waals surface area contributed by atoms with Crippen LogP contribution < -0.4 is 5.32 Å². The second-order valence-corrected chi connectivity index (χ2v) is 8.23. The zero-order valence-corrected chi connectivity index (χ0v) is 17.8. The molecule has 1 fully saturated rings. The Morgan fingerprint density at radius 1 is 0.968 bits per heavy atom. The predicted molar refractivity (Wildman–Crippen MR) is 122 cm³/mol. The lowest BCUT2D eigenvalue weighted by atomic mass is 9.98. The van der Waals surface area contributed by atoms with Gasteiger partial charge < -0.3 is 10.2 Å². The molecule has 1 aliphatic heterocycles. The fourth-order valence-electron chi connectivity index (χ4n) is 4.31. The number of amides is 2. The summed E-state index contributed by atoms with van der Waals surface area (Å²) in [4.78, 5) is 27.5. The molecule has 1 saturated heterocycles. The molecule has 0 bridgehead atoms. The molecule has 0 spiro atoms. The first-order chi connectivity index (χ1) is 15.1. The Morgan fingerprint density at radius 2 is 1.61 bits per heavy atom. The molecule has 158 valence electrons. The molecule has 4 heteroatoms. The number of carbonyl (C=O) groups excluding carboxylic acids is 2. The van der Waals surface area contributed by atoms with Gasteiger partial charge in [0.05, 0.1) is 6.04 Å². The molecule has 0 aliphatic carbocycles. The number of nitrogens with zero attached hydrogens (tertiary/aromatic N) is 1. The van der Waals surface area contributed by atoms with Gasteiger partial charge in [-0.3, -0.25) is 9.59 Å². The Kier molecular flexibility index (Phi) is 6.46. The molecule has 0 radical (unpaired) electrons. The number of benzene rings is 3. The molecule has 1 heterocycles. The SMILES string of the molecule is Cc1cccc(CN2C(=O)CCC2CC(=O)NC(c2ccccc2)c2ccccc2)c1. The Labute approximate surface area is 183 Å². The van der Waals surface area contributed by atoms with Crippen LogP contribution in [0.1, 0.15) is 47.6 Å². The van der Waals surface area contributed by atoms with Crippen molar-refractivity contribution in [2.24, 2.45) is 0 Å². The van der Waals surface area contributed by atoms with Gasteiger partial charge in [0.2, 0.25) is 11.8 Å². The van der Waals surface area contributed by atoms with Crippen molar-refractivity contribution in [3.05, 3.63) is 107 Å². The zero-order valence-electron chi connectivity index (χ0n) is 17.8. The molecule has 31 heavy (non-hydrogen) atoms. The average Bonchev–Trinajstić information content (AvgIpc) is 3.12. The maximum absolute atomic E-state index is 13.1. The summed E-state index contributed by atoms with van der Waals surface area (Å²) < 4.78 is 0. The summed E-state index contributed by atoms with van der Waals surface area (Å²) in [6.45, 7) is 2.60. The second-order valence-electron chi connectivity index (χ2n) is 8.23. The van der Waals surface area contributed by atoms with Crippen LogP contribution in [0.15, 0.2) is 84.9 Å². The van der Waals surface area contributed by atoms with Gasteiger partial charge in [0.1, 0.15) is 0 Å². The topological polar surface area (TPSA) is 49.4 Å². The van der Waals surface area contributed by atoms with E-state index in [9.17, 15) is 9.59 Å². The third-order valence-corrected chi connectivity index (χ3v) is 5.88. The first-order valence-electron chi connectivity index (χ1n) is 10.8. The third kappa shape index (κ3) is 5.21. The minimum Gasteiger partial charge on any atom is -0.345 e. The highest BCUT2D eigenvalue weighted by atomic mass is 16.2. The molecule has 3 aromatic carbocycles. The first-order valence-corrected chi connectivity index (χ1v) is 10.8. The summed E-state index contributed by atoms with van der Waals surface area (Å²) in [5.74, 6) is 0.0913. The summed E-state index contributed by atoms with van der Waals surface area (Å²) in [5, 5.41) is 3.21. The van der Waals surface area contributed by atoms with Crippen molar-refractivity contribution in [3.63, 3.8) is 0 Å². The van der Waals surface area contributed by atoms with Gasteiger partial charge in [0.25, 0.3) is 0 Å². The quantitative estimate of drug-likeness (QED) is 0.607. The third-order valence-electron chi connectivity index (χ3n) is 5.88. The second kappa shape index (κ2) is 9.61. The summed E-state index contributed by atoms with van der Waals surface area (Å²) in [7, 11) is 0. The monoisotopic (exact) mass is 412 g/mol. The lowest BCUT2D eigenvalue weighted by Crippen LogP contribution is -2.38. The van der Waals surface area contributed by atoms with Crippen LogP contribution in [-0.4, -0.2) is 22.8 Å². The Hall–Kier alpha value is -3.40. The van der Waals surface area contributed by atoms with Crippen LogP contribution in [0.25, 0.3) is 0 Å². The van der Waals surface area contributed by atoms with E-state index in [0.29, 0.717) is 19.4 Å². The summed E-state index contributed by atoms with van der Waals surface area (Å²) >= 11 is 0. The van der Waals surface area contributed by atoms with Gasteiger partial charge in [-0.2, -0.15) is 0 Å². The maximum Gasteiger partial charge on any atom is 0.223 e. The molecule has 1 N–H and O–H groups in total. The van der Waals surface area contributed by atoms with Crippen molar-refractivity contribution >= 4 is 11.8 Å². The smallest absolute Gasteiger partial charge is 0.223 e. The van der Waals surface area contributed by atoms with Crippen LogP contribution in [0.2, 0.25) is 0 Å². The minimum atomic E-state index is -0.211. The molecule has 3 aromatic rings. The molecule has 4 rings (SSSR count). The van der Waals surface area contributed by atoms with Crippen molar-refractivity contribution in [2.45, 2.75) is 44.8 Å². The number of hydrogen-bond acceptors (Lipinski definition) is 2. The van der Waals surface area contributed by atoms with Gasteiger partial charge in [0.15, 0.2) is 0 Å². The molecule has 2 amide bonds. The largest absolute Gasteiger partial charge is 0.345 e. The first kappa shape index (κ1) is 20.9. The Balaban J connectivity index is 1.47. The molecule has 1 atom stereocenters. The number of carbonyl (C=O) groups is 2. The lowest BCUT2D eigenvalue weighted by molar-refractivity contribution is -0.130. The summed E-state index contributed by atoms with van der Waals surface area (Å²) in [6.07, 6.45) is 1.54. The van der Waals surface area contributed by atoms with Gasteiger partial charge in [-0.15, -0.1) is 0 Å². The van der Waals surface area contributed by atoms with E-state index >= 15 is 0 Å². The summed E-state index contributed by atoms with van der Waals surface area (Å²) in [5.41, 5.74) is 4.36. The van der Waals surface area contributed by atoms with E-state index in [4.69, 9.17) is 0 Å². The van der Waals surface area contributed by atoms with E-state index in [0.717, 1.165) is 23.1 Å². The van der Waals surface area contributed by atoms with Crippen molar-refractivity contribution < 1.29 is 9.59 Å². The van der Waals surface area contributed by atoms with Crippen LogP contribution in [0.5, 0.6) is 0 Å². The molecule has 1 aliphatic rings. The normalized spacial score (nSPS) is 16.0. The van der Waals surface area contributed by atoms with E-state index in [1.54, 1.807) is 0 Å². The van der Waals surface area contributed by atoms with Gasteiger partial charge >= 0.3 is 0 Å². The van der Waals surface area contributed by atoms with E-state index in [1.807, 2.05) is 90.7 Å². The van der Waals surface area contributed by atoms with Crippen LogP contribution in [-0.2, 0) is 16.1 Å². The number of likely N-dealkylation sites (tertiary alicyclic amines) is 1. The van der Waals surface area contributed by atoms with Crippen LogP contribution >= 0.6 is 0 Å². The maximum atomic E-state index is 13.1. The lowest BCUT2D eigenvalue weighted by Gasteiger charge is -2.26. The fraction of sp³-hybridized carbons (Fsp3) is 0.259. The number of hydrogen-bond donors (Lipinski definition) is 1. The van der Waals surface area contributed by atoms with E-state index in [2.05, 4.69) is 11.4 Å². The van der Waals surface area contributed by atoms with Crippen molar-refractivity contribution in [1.82, 2.24) is 10.2 Å². The molecule has 0 aromatic heterocycles.